The van der Waals surface area contributed by atoms with Crippen molar-refractivity contribution < 1.29 is 9.53 Å². The second kappa shape index (κ2) is 7.09. The minimum absolute atomic E-state index is 0.366. The van der Waals surface area contributed by atoms with Crippen LogP contribution in [0.5, 0.6) is 5.88 Å². The molecule has 2 heterocycles. The largest absolute Gasteiger partial charge is 0.411 e. The molecular formula is C20H22N4O2. The molecule has 0 bridgehead atoms. The summed E-state index contributed by atoms with van der Waals surface area (Å²) in [4.78, 5) is 16.4. The topological polar surface area (TPSA) is 83.4 Å². The molecule has 4 rings (SSSR count). The number of H-pyrrole nitrogens is 1. The third kappa shape index (κ3) is 3.50. The Bertz CT molecular complexity index is 907. The Balaban J connectivity index is 1.60. The van der Waals surface area contributed by atoms with Crippen LogP contribution >= 0.6 is 0 Å². The van der Waals surface area contributed by atoms with Crippen LogP contribution in [0.15, 0.2) is 54.6 Å². The number of fused-ring (bicyclic) bond motifs is 1. The number of nitrogens with two attached hydrogens (primary N) is 1. The normalized spacial score (nSPS) is 17.4. The van der Waals surface area contributed by atoms with E-state index in [4.69, 9.17) is 10.5 Å². The zero-order valence-electron chi connectivity index (χ0n) is 14.4. The van der Waals surface area contributed by atoms with E-state index in [1.54, 1.807) is 6.07 Å². The molecule has 6 heteroatoms. The molecule has 4 N–H and O–H groups in total. The molecule has 2 aromatic carbocycles. The summed E-state index contributed by atoms with van der Waals surface area (Å²) in [6.45, 7) is 2.88. The highest BCUT2D eigenvalue weighted by Gasteiger charge is 2.23. The fourth-order valence-corrected chi connectivity index (χ4v) is 3.60. The third-order valence-corrected chi connectivity index (χ3v) is 4.79. The Morgan fingerprint density at radius 1 is 1.19 bits per heavy atom. The van der Waals surface area contributed by atoms with Crippen molar-refractivity contribution in [2.45, 2.75) is 12.5 Å². The second-order valence-corrected chi connectivity index (χ2v) is 6.57. The summed E-state index contributed by atoms with van der Waals surface area (Å²) in [5.41, 5.74) is 8.51. The Kier molecular flexibility index (Phi) is 4.50. The van der Waals surface area contributed by atoms with Gasteiger partial charge in [-0.15, -0.1) is 0 Å². The number of aromatic nitrogens is 1. The first kappa shape index (κ1) is 16.5. The third-order valence-electron chi connectivity index (χ3n) is 4.79. The number of carbonyl (C=O) groups excluding carboxylic acids is 1. The van der Waals surface area contributed by atoms with Crippen LogP contribution < -0.4 is 20.7 Å². The smallest absolute Gasteiger partial charge is 0.393 e. The Morgan fingerprint density at radius 2 is 2.04 bits per heavy atom. The van der Waals surface area contributed by atoms with Gasteiger partial charge < -0.3 is 25.7 Å². The van der Waals surface area contributed by atoms with E-state index in [0.29, 0.717) is 11.9 Å². The van der Waals surface area contributed by atoms with E-state index in [9.17, 15) is 4.79 Å². The number of primary amides is 1. The predicted molar refractivity (Wildman–Crippen MR) is 103 cm³/mol. The number of anilines is 1. The first-order valence-electron chi connectivity index (χ1n) is 8.80. The molecule has 0 spiro atoms. The molecule has 134 valence electrons. The fraction of sp³-hybridized carbons (Fsp3) is 0.250. The molecule has 1 saturated heterocycles. The van der Waals surface area contributed by atoms with Crippen LogP contribution in [-0.4, -0.2) is 36.8 Å². The van der Waals surface area contributed by atoms with E-state index >= 15 is 0 Å². The highest BCUT2D eigenvalue weighted by Crippen LogP contribution is 2.28. The minimum atomic E-state index is -0.818. The number of nitrogens with one attached hydrogen (secondary N) is 2. The molecule has 1 aliphatic rings. The van der Waals surface area contributed by atoms with Gasteiger partial charge in [0.1, 0.15) is 0 Å². The lowest BCUT2D eigenvalue weighted by Crippen LogP contribution is -2.52. The van der Waals surface area contributed by atoms with E-state index in [-0.39, 0.29) is 0 Å². The zero-order chi connectivity index (χ0) is 17.9. The molecule has 1 aliphatic heterocycles. The van der Waals surface area contributed by atoms with Gasteiger partial charge in [-0.3, -0.25) is 0 Å². The number of rotatable bonds is 4. The number of aromatic amines is 1. The van der Waals surface area contributed by atoms with Crippen molar-refractivity contribution in [1.82, 2.24) is 10.3 Å². The number of carbonyl (C=O) groups is 1. The number of amides is 1. The van der Waals surface area contributed by atoms with Crippen LogP contribution in [0.4, 0.5) is 10.5 Å². The van der Waals surface area contributed by atoms with Gasteiger partial charge in [0.15, 0.2) is 0 Å². The second-order valence-electron chi connectivity index (χ2n) is 6.57. The average Bonchev–Trinajstić information content (AvgIpc) is 3.03. The monoisotopic (exact) mass is 350 g/mol. The Morgan fingerprint density at radius 3 is 2.85 bits per heavy atom. The molecule has 0 radical (unpaired) electrons. The predicted octanol–water partition coefficient (Wildman–Crippen LogP) is 2.65. The molecule has 26 heavy (non-hydrogen) atoms. The van der Waals surface area contributed by atoms with Gasteiger partial charge in [-0.25, -0.2) is 4.79 Å². The quantitative estimate of drug-likeness (QED) is 0.675. The first-order chi connectivity index (χ1) is 12.7. The van der Waals surface area contributed by atoms with Crippen LogP contribution in [0.1, 0.15) is 5.56 Å². The van der Waals surface area contributed by atoms with Gasteiger partial charge in [0.2, 0.25) is 5.88 Å². The summed E-state index contributed by atoms with van der Waals surface area (Å²) < 4.78 is 4.94. The molecule has 0 unspecified atom stereocenters. The average molecular weight is 350 g/mol. The van der Waals surface area contributed by atoms with Crippen molar-refractivity contribution in [2.75, 3.05) is 24.5 Å². The molecule has 1 atom stereocenters. The van der Waals surface area contributed by atoms with E-state index in [1.807, 2.05) is 12.1 Å². The summed E-state index contributed by atoms with van der Waals surface area (Å²) in [5.74, 6) is 0.366. The number of piperazine rings is 1. The summed E-state index contributed by atoms with van der Waals surface area (Å²) in [6.07, 6.45) is 0.177. The highest BCUT2D eigenvalue weighted by molar-refractivity contribution is 5.86. The summed E-state index contributed by atoms with van der Waals surface area (Å²) in [7, 11) is 0. The van der Waals surface area contributed by atoms with Crippen LogP contribution in [0.25, 0.3) is 10.9 Å². The lowest BCUT2D eigenvalue weighted by Gasteiger charge is -2.38. The number of nitrogens with zero attached hydrogens (tertiary/aromatic N) is 1. The molecule has 1 fully saturated rings. The molecule has 6 nitrogen and oxygen atoms in total. The lowest BCUT2D eigenvalue weighted by molar-refractivity contribution is 0.209. The van der Waals surface area contributed by atoms with Crippen molar-refractivity contribution in [3.8, 4) is 5.88 Å². The van der Waals surface area contributed by atoms with Crippen molar-refractivity contribution >= 4 is 22.7 Å². The van der Waals surface area contributed by atoms with Gasteiger partial charge in [0, 0.05) is 48.3 Å². The lowest BCUT2D eigenvalue weighted by atomic mass is 10.0. The minimum Gasteiger partial charge on any atom is -0.393 e. The summed E-state index contributed by atoms with van der Waals surface area (Å²) in [6, 6.07) is 19.0. The van der Waals surface area contributed by atoms with E-state index in [2.05, 4.69) is 51.6 Å². The van der Waals surface area contributed by atoms with Crippen LogP contribution in [0.3, 0.4) is 0 Å². The maximum absolute atomic E-state index is 10.9. The number of ether oxygens (including phenoxy) is 1. The van der Waals surface area contributed by atoms with Gasteiger partial charge in [-0.1, -0.05) is 30.3 Å². The Labute approximate surface area is 151 Å². The van der Waals surface area contributed by atoms with Gasteiger partial charge in [-0.2, -0.15) is 0 Å². The standard InChI is InChI=1S/C20H22N4O2/c21-20(25)26-19-12-15-11-16(6-7-18(15)23-19)24-9-8-22-13-17(24)10-14-4-2-1-3-5-14/h1-7,11-12,17,22-23H,8-10,13H2,(H2,21,25)/t17-/m1/s1. The van der Waals surface area contributed by atoms with Crippen LogP contribution in [0, 0.1) is 0 Å². The van der Waals surface area contributed by atoms with E-state index in [0.717, 1.165) is 37.0 Å². The molecule has 0 saturated carbocycles. The van der Waals surface area contributed by atoms with Crippen LogP contribution in [-0.2, 0) is 6.42 Å². The van der Waals surface area contributed by atoms with E-state index in [1.165, 1.54) is 11.3 Å². The van der Waals surface area contributed by atoms with Crippen molar-refractivity contribution in [2.24, 2.45) is 5.73 Å². The van der Waals surface area contributed by atoms with Crippen molar-refractivity contribution in [1.29, 1.82) is 0 Å². The van der Waals surface area contributed by atoms with Gasteiger partial charge in [-0.05, 0) is 30.2 Å². The zero-order valence-corrected chi connectivity index (χ0v) is 14.4. The maximum Gasteiger partial charge on any atom is 0.411 e. The summed E-state index contributed by atoms with van der Waals surface area (Å²) >= 11 is 0. The first-order valence-corrected chi connectivity index (χ1v) is 8.80. The Hall–Kier alpha value is -2.99. The molecule has 1 aromatic heterocycles. The SMILES string of the molecule is NC(=O)Oc1cc2cc(N3CCNC[C@H]3Cc3ccccc3)ccc2[nH]1. The maximum atomic E-state index is 10.9. The molecule has 3 aromatic rings. The van der Waals surface area contributed by atoms with E-state index < -0.39 is 6.09 Å². The van der Waals surface area contributed by atoms with Crippen molar-refractivity contribution in [3.05, 3.63) is 60.2 Å². The van der Waals surface area contributed by atoms with Crippen LogP contribution in [0.2, 0.25) is 0 Å². The number of benzene rings is 2. The van der Waals surface area contributed by atoms with Gasteiger partial charge in [0.05, 0.1) is 0 Å². The number of hydrogen-bond acceptors (Lipinski definition) is 4. The fourth-order valence-electron chi connectivity index (χ4n) is 3.60. The van der Waals surface area contributed by atoms with Gasteiger partial charge in [0.25, 0.3) is 0 Å². The van der Waals surface area contributed by atoms with Crippen molar-refractivity contribution in [3.63, 3.8) is 0 Å². The molecule has 0 aliphatic carbocycles. The highest BCUT2D eigenvalue weighted by atomic mass is 16.6. The summed E-state index contributed by atoms with van der Waals surface area (Å²) in [5, 5.41) is 4.49. The number of hydrogen-bond donors (Lipinski definition) is 3. The molecular weight excluding hydrogens is 328 g/mol. The molecule has 1 amide bonds. The van der Waals surface area contributed by atoms with Gasteiger partial charge >= 0.3 is 6.09 Å².